The molecule has 1 aliphatic carbocycles. The summed E-state index contributed by atoms with van der Waals surface area (Å²) in [7, 11) is 0. The number of aliphatic hydroxyl groups excluding tert-OH is 1. The number of benzene rings is 2. The van der Waals surface area contributed by atoms with Crippen LogP contribution in [0.5, 0.6) is 5.75 Å². The molecule has 2 aromatic rings. The molecule has 0 saturated carbocycles. The summed E-state index contributed by atoms with van der Waals surface area (Å²) in [6, 6.07) is 16.1. The fourth-order valence-electron chi connectivity index (χ4n) is 5.74. The topological polar surface area (TPSA) is 87.1 Å². The molecular formula is C28H29NO5. The molecule has 0 unspecified atom stereocenters. The van der Waals surface area contributed by atoms with Gasteiger partial charge in [-0.3, -0.25) is 14.5 Å². The van der Waals surface area contributed by atoms with Crippen LogP contribution in [0.1, 0.15) is 31.7 Å². The largest absolute Gasteiger partial charge is 0.508 e. The third kappa shape index (κ3) is 3.97. The van der Waals surface area contributed by atoms with Crippen LogP contribution in [0.15, 0.2) is 71.3 Å². The fourth-order valence-corrected chi connectivity index (χ4v) is 5.74. The van der Waals surface area contributed by atoms with Crippen molar-refractivity contribution < 1.29 is 24.5 Å². The Bertz CT molecular complexity index is 1150. The van der Waals surface area contributed by atoms with Gasteiger partial charge in [-0.1, -0.05) is 42.0 Å². The zero-order valence-corrected chi connectivity index (χ0v) is 19.2. The number of carbonyl (C=O) groups excluding carboxylic acids is 2. The summed E-state index contributed by atoms with van der Waals surface area (Å²) in [5, 5.41) is 19.6. The van der Waals surface area contributed by atoms with Crippen molar-refractivity contribution in [3.63, 3.8) is 0 Å². The number of hydrogen-bond donors (Lipinski definition) is 2. The lowest BCUT2D eigenvalue weighted by Gasteiger charge is -2.31. The standard InChI is InChI=1S/C28H29NO5/c1-17(13-18-8-10-21(31)11-9-18)7-12-24-25-19(15-30)14-22-26(23(25)16-34-24)28(33)29(27(22)32)20-5-3-2-4-6-20/h2-6,8-11,13,22-24,26,30-31H,7,12,14-16H2,1H3/b17-13+/t22-,23+,24-,26-/m1/s1. The highest BCUT2D eigenvalue weighted by atomic mass is 16.5. The number of ether oxygens (including phenoxy) is 1. The van der Waals surface area contributed by atoms with Crippen molar-refractivity contribution in [1.82, 2.24) is 0 Å². The molecule has 2 amide bonds. The zero-order valence-electron chi connectivity index (χ0n) is 19.2. The van der Waals surface area contributed by atoms with Crippen molar-refractivity contribution in [3.05, 3.63) is 76.9 Å². The Hall–Kier alpha value is -3.22. The number of imide groups is 1. The molecule has 0 bridgehead atoms. The van der Waals surface area contributed by atoms with Gasteiger partial charge in [0.05, 0.1) is 36.8 Å². The molecule has 6 heteroatoms. The van der Waals surface area contributed by atoms with E-state index in [0.717, 1.165) is 29.6 Å². The second kappa shape index (κ2) is 9.20. The van der Waals surface area contributed by atoms with Crippen LogP contribution in [-0.2, 0) is 14.3 Å². The van der Waals surface area contributed by atoms with E-state index in [1.807, 2.05) is 30.3 Å². The van der Waals surface area contributed by atoms with Gasteiger partial charge in [-0.05, 0) is 67.2 Å². The summed E-state index contributed by atoms with van der Waals surface area (Å²) in [4.78, 5) is 28.0. The Labute approximate surface area is 199 Å². The van der Waals surface area contributed by atoms with Crippen LogP contribution < -0.4 is 4.90 Å². The highest BCUT2D eigenvalue weighted by molar-refractivity contribution is 6.22. The van der Waals surface area contributed by atoms with Crippen LogP contribution in [-0.4, -0.2) is 41.3 Å². The minimum Gasteiger partial charge on any atom is -0.508 e. The first-order valence-electron chi connectivity index (χ1n) is 11.8. The monoisotopic (exact) mass is 459 g/mol. The molecule has 6 nitrogen and oxygen atoms in total. The summed E-state index contributed by atoms with van der Waals surface area (Å²) in [5.41, 5.74) is 4.68. The normalized spacial score (nSPS) is 26.8. The number of anilines is 1. The molecule has 4 atom stereocenters. The Kier molecular flexibility index (Phi) is 6.11. The Morgan fingerprint density at radius 2 is 1.79 bits per heavy atom. The summed E-state index contributed by atoms with van der Waals surface area (Å²) < 4.78 is 6.17. The van der Waals surface area contributed by atoms with Gasteiger partial charge in [-0.2, -0.15) is 0 Å². The molecule has 2 aliphatic heterocycles. The van der Waals surface area contributed by atoms with Crippen molar-refractivity contribution in [2.24, 2.45) is 17.8 Å². The van der Waals surface area contributed by atoms with Crippen molar-refractivity contribution >= 4 is 23.6 Å². The molecule has 176 valence electrons. The van der Waals surface area contributed by atoms with E-state index in [4.69, 9.17) is 4.74 Å². The molecule has 2 heterocycles. The maximum absolute atomic E-state index is 13.4. The molecule has 0 radical (unpaired) electrons. The quantitative estimate of drug-likeness (QED) is 0.502. The van der Waals surface area contributed by atoms with Crippen LogP contribution in [0.3, 0.4) is 0 Å². The molecule has 2 saturated heterocycles. The minimum atomic E-state index is -0.443. The van der Waals surface area contributed by atoms with Gasteiger partial charge in [-0.15, -0.1) is 0 Å². The zero-order chi connectivity index (χ0) is 23.8. The summed E-state index contributed by atoms with van der Waals surface area (Å²) in [5.74, 6) is -1.14. The van der Waals surface area contributed by atoms with E-state index >= 15 is 0 Å². The molecule has 3 aliphatic rings. The van der Waals surface area contributed by atoms with Gasteiger partial charge in [0.15, 0.2) is 0 Å². The first kappa shape index (κ1) is 22.6. The average Bonchev–Trinajstić information content (AvgIpc) is 3.38. The number of allylic oxidation sites excluding steroid dienone is 1. The number of nitrogens with zero attached hydrogens (tertiary/aromatic N) is 1. The Morgan fingerprint density at radius 1 is 1.06 bits per heavy atom. The van der Waals surface area contributed by atoms with Gasteiger partial charge in [-0.25, -0.2) is 0 Å². The lowest BCUT2D eigenvalue weighted by atomic mass is 9.69. The SMILES string of the molecule is C/C(=C\c1ccc(O)cc1)CC[C@H]1OC[C@H]2C1=C(CO)C[C@H]1C(=O)N(c3ccccc3)C(=O)[C@H]12. The summed E-state index contributed by atoms with van der Waals surface area (Å²) in [6.07, 6.45) is 3.88. The van der Waals surface area contributed by atoms with E-state index < -0.39 is 11.8 Å². The van der Waals surface area contributed by atoms with Gasteiger partial charge in [0.25, 0.3) is 0 Å². The van der Waals surface area contributed by atoms with Crippen LogP contribution in [0.4, 0.5) is 5.69 Å². The molecule has 2 N–H and O–H groups in total. The lowest BCUT2D eigenvalue weighted by Crippen LogP contribution is -2.35. The molecular weight excluding hydrogens is 430 g/mol. The van der Waals surface area contributed by atoms with E-state index in [1.54, 1.807) is 24.3 Å². The number of fused-ring (bicyclic) bond motifs is 3. The predicted octanol–water partition coefficient (Wildman–Crippen LogP) is 4.09. The molecule has 34 heavy (non-hydrogen) atoms. The maximum atomic E-state index is 13.4. The molecule has 0 aromatic heterocycles. The van der Waals surface area contributed by atoms with E-state index in [9.17, 15) is 19.8 Å². The molecule has 2 fully saturated rings. The predicted molar refractivity (Wildman–Crippen MR) is 129 cm³/mol. The van der Waals surface area contributed by atoms with Crippen LogP contribution in [0.2, 0.25) is 0 Å². The number of para-hydroxylation sites is 1. The number of aromatic hydroxyl groups is 1. The van der Waals surface area contributed by atoms with Crippen molar-refractivity contribution in [3.8, 4) is 5.75 Å². The highest BCUT2D eigenvalue weighted by Crippen LogP contribution is 2.50. The van der Waals surface area contributed by atoms with Crippen LogP contribution >= 0.6 is 0 Å². The highest BCUT2D eigenvalue weighted by Gasteiger charge is 2.57. The van der Waals surface area contributed by atoms with E-state index in [-0.39, 0.29) is 36.2 Å². The van der Waals surface area contributed by atoms with Crippen molar-refractivity contribution in [2.45, 2.75) is 32.3 Å². The molecule has 0 spiro atoms. The Balaban J connectivity index is 1.35. The van der Waals surface area contributed by atoms with Gasteiger partial charge in [0.2, 0.25) is 11.8 Å². The molecule has 2 aromatic carbocycles. The summed E-state index contributed by atoms with van der Waals surface area (Å²) >= 11 is 0. The smallest absolute Gasteiger partial charge is 0.238 e. The first-order chi connectivity index (χ1) is 16.5. The lowest BCUT2D eigenvalue weighted by molar-refractivity contribution is -0.122. The summed E-state index contributed by atoms with van der Waals surface area (Å²) in [6.45, 7) is 2.34. The fraction of sp³-hybridized carbons (Fsp3) is 0.357. The molecule has 5 rings (SSSR count). The van der Waals surface area contributed by atoms with Gasteiger partial charge >= 0.3 is 0 Å². The van der Waals surface area contributed by atoms with Gasteiger partial charge in [0, 0.05) is 5.92 Å². The van der Waals surface area contributed by atoms with Crippen LogP contribution in [0, 0.1) is 17.8 Å². The second-order valence-electron chi connectivity index (χ2n) is 9.45. The number of carbonyl (C=O) groups is 2. The third-order valence-electron chi connectivity index (χ3n) is 7.32. The Morgan fingerprint density at radius 3 is 2.50 bits per heavy atom. The van der Waals surface area contributed by atoms with Crippen LogP contribution in [0.25, 0.3) is 6.08 Å². The number of rotatable bonds is 6. The van der Waals surface area contributed by atoms with Crippen molar-refractivity contribution in [1.29, 1.82) is 0 Å². The number of amides is 2. The number of hydrogen-bond acceptors (Lipinski definition) is 5. The first-order valence-corrected chi connectivity index (χ1v) is 11.8. The maximum Gasteiger partial charge on any atom is 0.238 e. The average molecular weight is 460 g/mol. The van der Waals surface area contributed by atoms with Crippen molar-refractivity contribution in [2.75, 3.05) is 18.1 Å². The minimum absolute atomic E-state index is 0.121. The van der Waals surface area contributed by atoms with E-state index in [0.29, 0.717) is 18.7 Å². The second-order valence-corrected chi connectivity index (χ2v) is 9.45. The third-order valence-corrected chi connectivity index (χ3v) is 7.32. The van der Waals surface area contributed by atoms with Gasteiger partial charge < -0.3 is 14.9 Å². The number of phenolic OH excluding ortho intramolecular Hbond substituents is 1. The van der Waals surface area contributed by atoms with E-state index in [2.05, 4.69) is 13.0 Å². The number of phenols is 1. The van der Waals surface area contributed by atoms with Gasteiger partial charge in [0.1, 0.15) is 5.75 Å². The van der Waals surface area contributed by atoms with E-state index in [1.165, 1.54) is 10.5 Å². The number of aliphatic hydroxyl groups is 1.